The van der Waals surface area contributed by atoms with E-state index in [1.807, 2.05) is 30.3 Å². The van der Waals surface area contributed by atoms with Crippen molar-refractivity contribution in [3.63, 3.8) is 0 Å². The van der Waals surface area contributed by atoms with Gasteiger partial charge in [-0.15, -0.1) is 0 Å². The number of hydrogen-bond acceptors (Lipinski definition) is 4. The minimum atomic E-state index is -0.763. The molecule has 0 aliphatic rings. The number of benzene rings is 1. The van der Waals surface area contributed by atoms with E-state index in [1.54, 1.807) is 6.92 Å². The first-order valence-electron chi connectivity index (χ1n) is 6.21. The number of nitrogens with one attached hydrogen (secondary N) is 2. The minimum absolute atomic E-state index is 0.400. The molecule has 0 aliphatic carbocycles. The van der Waals surface area contributed by atoms with Crippen molar-refractivity contribution in [2.75, 3.05) is 6.54 Å². The zero-order valence-corrected chi connectivity index (χ0v) is 10.9. The molecule has 0 radical (unpaired) electrons. The molecule has 0 saturated carbocycles. The molecule has 0 bridgehead atoms. The number of ether oxygens (including phenoxy) is 1. The minimum Gasteiger partial charge on any atom is -0.376 e. The summed E-state index contributed by atoms with van der Waals surface area (Å²) < 4.78 is 4.59. The predicted molar refractivity (Wildman–Crippen MR) is 72.2 cm³/mol. The molecule has 102 valence electrons. The third-order valence-electron chi connectivity index (χ3n) is 2.66. The lowest BCUT2D eigenvalue weighted by molar-refractivity contribution is -0.139. The molecule has 0 aromatic heterocycles. The van der Waals surface area contributed by atoms with Crippen LogP contribution in [-0.4, -0.2) is 24.8 Å². The quantitative estimate of drug-likeness (QED) is 0.468. The molecule has 5 nitrogen and oxygen atoms in total. The van der Waals surface area contributed by atoms with Crippen LogP contribution >= 0.6 is 0 Å². The number of carbonyl (C=O) groups is 2. The molecule has 1 aromatic rings. The molecule has 1 aromatic carbocycles. The van der Waals surface area contributed by atoms with Crippen LogP contribution < -0.4 is 5.32 Å². The predicted octanol–water partition coefficient (Wildman–Crippen LogP) is 2.16. The van der Waals surface area contributed by atoms with Gasteiger partial charge in [0.25, 0.3) is 0 Å². The van der Waals surface area contributed by atoms with Crippen LogP contribution in [0.2, 0.25) is 0 Å². The van der Waals surface area contributed by atoms with Gasteiger partial charge < -0.3 is 15.5 Å². The van der Waals surface area contributed by atoms with Crippen molar-refractivity contribution in [3.8, 4) is 0 Å². The lowest BCUT2D eigenvalue weighted by Crippen LogP contribution is -2.31. The van der Waals surface area contributed by atoms with Crippen molar-refractivity contribution in [2.24, 2.45) is 5.92 Å². The van der Waals surface area contributed by atoms with Crippen molar-refractivity contribution in [2.45, 2.75) is 19.8 Å². The summed E-state index contributed by atoms with van der Waals surface area (Å²) in [6, 6.07) is 9.69. The average molecular weight is 262 g/mol. The van der Waals surface area contributed by atoms with E-state index in [1.165, 1.54) is 0 Å². The van der Waals surface area contributed by atoms with Gasteiger partial charge in [0.05, 0.1) is 5.92 Å². The fourth-order valence-corrected chi connectivity index (χ4v) is 1.51. The van der Waals surface area contributed by atoms with Crippen molar-refractivity contribution in [3.05, 3.63) is 35.9 Å². The standard InChI is InChI=1S/C14H18N2O3/c1-2-12(10-15)13(17)19-14(18)16-9-8-11-6-4-3-5-7-11/h3-7,10,12,15H,2,8-9H2,1H3,(H,16,18). The van der Waals surface area contributed by atoms with E-state index < -0.39 is 18.0 Å². The summed E-state index contributed by atoms with van der Waals surface area (Å²) in [5.74, 6) is -1.34. The van der Waals surface area contributed by atoms with Crippen molar-refractivity contribution >= 4 is 18.3 Å². The van der Waals surface area contributed by atoms with Crippen LogP contribution in [0.25, 0.3) is 0 Å². The van der Waals surface area contributed by atoms with E-state index in [4.69, 9.17) is 5.41 Å². The topological polar surface area (TPSA) is 79.2 Å². The van der Waals surface area contributed by atoms with Gasteiger partial charge in [-0.1, -0.05) is 37.3 Å². The Labute approximate surface area is 112 Å². The second kappa shape index (κ2) is 8.02. The Balaban J connectivity index is 2.28. The lowest BCUT2D eigenvalue weighted by atomic mass is 10.1. The smallest absolute Gasteiger partial charge is 0.376 e. The summed E-state index contributed by atoms with van der Waals surface area (Å²) in [7, 11) is 0. The average Bonchev–Trinajstić information content (AvgIpc) is 2.41. The SMILES string of the molecule is CCC(C=N)C(=O)OC(=O)NCCc1ccccc1. The highest BCUT2D eigenvalue weighted by Gasteiger charge is 2.18. The third-order valence-corrected chi connectivity index (χ3v) is 2.66. The Kier molecular flexibility index (Phi) is 6.29. The highest BCUT2D eigenvalue weighted by molar-refractivity contribution is 5.94. The molecule has 0 saturated heterocycles. The second-order valence-corrected chi connectivity index (χ2v) is 4.05. The van der Waals surface area contributed by atoms with Gasteiger partial charge in [0.2, 0.25) is 0 Å². The van der Waals surface area contributed by atoms with E-state index in [9.17, 15) is 9.59 Å². The summed E-state index contributed by atoms with van der Waals surface area (Å²) in [6.07, 6.45) is 1.34. The van der Waals surface area contributed by atoms with Gasteiger partial charge in [-0.3, -0.25) is 4.79 Å². The zero-order valence-electron chi connectivity index (χ0n) is 10.9. The second-order valence-electron chi connectivity index (χ2n) is 4.05. The Hall–Kier alpha value is -2.17. The normalized spacial score (nSPS) is 11.4. The maximum atomic E-state index is 11.4. The molecule has 5 heteroatoms. The fraction of sp³-hybridized carbons (Fsp3) is 0.357. The Morgan fingerprint density at radius 1 is 1.37 bits per heavy atom. The maximum absolute atomic E-state index is 11.4. The number of esters is 1. The fourth-order valence-electron chi connectivity index (χ4n) is 1.51. The summed E-state index contributed by atoms with van der Waals surface area (Å²) in [5, 5.41) is 9.54. The number of amides is 1. The molecule has 1 atom stereocenters. The van der Waals surface area contributed by atoms with Gasteiger partial charge in [-0.25, -0.2) is 4.79 Å². The van der Waals surface area contributed by atoms with E-state index in [0.29, 0.717) is 19.4 Å². The summed E-state index contributed by atoms with van der Waals surface area (Å²) in [6.45, 7) is 2.15. The third kappa shape index (κ3) is 5.33. The van der Waals surface area contributed by atoms with Gasteiger partial charge in [0.15, 0.2) is 0 Å². The Morgan fingerprint density at radius 2 is 2.05 bits per heavy atom. The van der Waals surface area contributed by atoms with Gasteiger partial charge in [-0.05, 0) is 18.4 Å². The number of hydrogen-bond donors (Lipinski definition) is 2. The molecule has 0 fully saturated rings. The first-order valence-corrected chi connectivity index (χ1v) is 6.21. The molecule has 0 aliphatic heterocycles. The summed E-state index contributed by atoms with van der Waals surface area (Å²) in [5.41, 5.74) is 1.10. The van der Waals surface area contributed by atoms with Gasteiger partial charge in [0.1, 0.15) is 0 Å². The highest BCUT2D eigenvalue weighted by atomic mass is 16.6. The van der Waals surface area contributed by atoms with Crippen molar-refractivity contribution < 1.29 is 14.3 Å². The van der Waals surface area contributed by atoms with Crippen LogP contribution in [0, 0.1) is 11.3 Å². The van der Waals surface area contributed by atoms with Gasteiger partial charge >= 0.3 is 12.1 Å². The Morgan fingerprint density at radius 3 is 2.63 bits per heavy atom. The van der Waals surface area contributed by atoms with Crippen LogP contribution in [0.15, 0.2) is 30.3 Å². The van der Waals surface area contributed by atoms with Crippen LogP contribution in [0.4, 0.5) is 4.79 Å². The molecule has 1 rings (SSSR count). The molecule has 19 heavy (non-hydrogen) atoms. The van der Waals surface area contributed by atoms with Crippen LogP contribution in [0.5, 0.6) is 0 Å². The maximum Gasteiger partial charge on any atom is 0.414 e. The zero-order chi connectivity index (χ0) is 14.1. The molecule has 0 spiro atoms. The summed E-state index contributed by atoms with van der Waals surface area (Å²) in [4.78, 5) is 22.8. The first kappa shape index (κ1) is 14.9. The van der Waals surface area contributed by atoms with Crippen molar-refractivity contribution in [1.82, 2.24) is 5.32 Å². The lowest BCUT2D eigenvalue weighted by Gasteiger charge is -2.08. The molecular formula is C14H18N2O3. The summed E-state index contributed by atoms with van der Waals surface area (Å²) >= 11 is 0. The molecular weight excluding hydrogens is 244 g/mol. The van der Waals surface area contributed by atoms with Crippen LogP contribution in [0.3, 0.4) is 0 Å². The monoisotopic (exact) mass is 262 g/mol. The van der Waals surface area contributed by atoms with Gasteiger partial charge in [0, 0.05) is 12.8 Å². The highest BCUT2D eigenvalue weighted by Crippen LogP contribution is 2.02. The van der Waals surface area contributed by atoms with Crippen LogP contribution in [0.1, 0.15) is 18.9 Å². The van der Waals surface area contributed by atoms with E-state index in [0.717, 1.165) is 11.8 Å². The van der Waals surface area contributed by atoms with Gasteiger partial charge in [-0.2, -0.15) is 0 Å². The number of alkyl carbamates (subject to hydrolysis) is 1. The molecule has 2 N–H and O–H groups in total. The Bertz CT molecular complexity index is 432. The van der Waals surface area contributed by atoms with Crippen molar-refractivity contribution in [1.29, 1.82) is 5.41 Å². The number of rotatable bonds is 6. The van der Waals surface area contributed by atoms with E-state index in [-0.39, 0.29) is 0 Å². The molecule has 1 amide bonds. The van der Waals surface area contributed by atoms with Crippen LogP contribution in [-0.2, 0) is 16.0 Å². The van der Waals surface area contributed by atoms with E-state index >= 15 is 0 Å². The number of carbonyl (C=O) groups excluding carboxylic acids is 2. The first-order chi connectivity index (χ1) is 9.17. The largest absolute Gasteiger partial charge is 0.414 e. The van der Waals surface area contributed by atoms with E-state index in [2.05, 4.69) is 10.1 Å². The molecule has 0 heterocycles. The molecule has 1 unspecified atom stereocenters.